The number of likely N-dealkylation sites (tertiary alicyclic amines) is 1. The van der Waals surface area contributed by atoms with E-state index in [9.17, 15) is 9.59 Å². The highest BCUT2D eigenvalue weighted by atomic mass is 16.5. The van der Waals surface area contributed by atoms with Crippen molar-refractivity contribution >= 4 is 17.5 Å². The molecule has 1 aliphatic carbocycles. The molecule has 1 saturated carbocycles. The van der Waals surface area contributed by atoms with Crippen LogP contribution in [0.5, 0.6) is 5.75 Å². The van der Waals surface area contributed by atoms with Gasteiger partial charge in [0, 0.05) is 45.2 Å². The minimum absolute atomic E-state index is 0.0301. The van der Waals surface area contributed by atoms with E-state index in [1.165, 1.54) is 0 Å². The molecule has 164 valence electrons. The number of rotatable bonds is 8. The topological polar surface area (TPSA) is 65.1 Å². The summed E-state index contributed by atoms with van der Waals surface area (Å²) >= 11 is 0. The molecule has 7 nitrogen and oxygen atoms in total. The first-order valence-corrected chi connectivity index (χ1v) is 11.4. The Balaban J connectivity index is 1.15. The second-order valence-corrected chi connectivity index (χ2v) is 8.61. The maximum absolute atomic E-state index is 12.6. The predicted octanol–water partition coefficient (Wildman–Crippen LogP) is 1.72. The minimum Gasteiger partial charge on any atom is -0.495 e. The number of piperazine rings is 1. The summed E-state index contributed by atoms with van der Waals surface area (Å²) in [5.41, 5.74) is 1.16. The third-order valence-electron chi connectivity index (χ3n) is 6.51. The fraction of sp³-hybridized carbons (Fsp3) is 0.652. The quantitative estimate of drug-likeness (QED) is 0.657. The van der Waals surface area contributed by atoms with Gasteiger partial charge in [-0.3, -0.25) is 14.5 Å². The van der Waals surface area contributed by atoms with Crippen LogP contribution >= 0.6 is 0 Å². The SMILES string of the molecule is COc1ccccc1N1CCN(CCCNC(=O)C2CCCN2C(=O)C2CC2)CC1. The zero-order valence-corrected chi connectivity index (χ0v) is 18.0. The van der Waals surface area contributed by atoms with Crippen molar-refractivity contribution in [3.63, 3.8) is 0 Å². The Hall–Kier alpha value is -2.28. The van der Waals surface area contributed by atoms with Crippen LogP contribution in [0.1, 0.15) is 32.1 Å². The maximum atomic E-state index is 12.6. The van der Waals surface area contributed by atoms with Crippen molar-refractivity contribution in [2.75, 3.05) is 57.8 Å². The molecule has 1 aromatic carbocycles. The smallest absolute Gasteiger partial charge is 0.242 e. The van der Waals surface area contributed by atoms with E-state index in [4.69, 9.17) is 4.74 Å². The summed E-state index contributed by atoms with van der Waals surface area (Å²) in [6, 6.07) is 7.93. The molecule has 2 aliphatic heterocycles. The summed E-state index contributed by atoms with van der Waals surface area (Å²) in [4.78, 5) is 31.6. The Bertz CT molecular complexity index is 744. The average Bonchev–Trinajstić information content (AvgIpc) is 3.52. The number of nitrogens with one attached hydrogen (secondary N) is 1. The van der Waals surface area contributed by atoms with Crippen molar-refractivity contribution in [3.05, 3.63) is 24.3 Å². The number of nitrogens with zero attached hydrogens (tertiary/aromatic N) is 3. The molecule has 4 rings (SSSR count). The monoisotopic (exact) mass is 414 g/mol. The Morgan fingerprint density at radius 3 is 2.57 bits per heavy atom. The number of carbonyl (C=O) groups is 2. The number of amides is 2. The van der Waals surface area contributed by atoms with Crippen molar-refractivity contribution in [1.29, 1.82) is 0 Å². The highest BCUT2D eigenvalue weighted by Gasteiger charge is 2.40. The lowest BCUT2D eigenvalue weighted by atomic mass is 10.2. The van der Waals surface area contributed by atoms with E-state index in [0.717, 1.165) is 82.8 Å². The van der Waals surface area contributed by atoms with Gasteiger partial charge in [0.25, 0.3) is 0 Å². The molecule has 0 spiro atoms. The molecule has 7 heteroatoms. The zero-order chi connectivity index (χ0) is 20.9. The second-order valence-electron chi connectivity index (χ2n) is 8.61. The number of hydrogen-bond donors (Lipinski definition) is 1. The van der Waals surface area contributed by atoms with Gasteiger partial charge in [-0.1, -0.05) is 12.1 Å². The average molecular weight is 415 g/mol. The van der Waals surface area contributed by atoms with Gasteiger partial charge in [-0.05, 0) is 50.8 Å². The van der Waals surface area contributed by atoms with Gasteiger partial charge in [0.2, 0.25) is 11.8 Å². The van der Waals surface area contributed by atoms with E-state index in [1.807, 2.05) is 17.0 Å². The van der Waals surface area contributed by atoms with Gasteiger partial charge in [0.1, 0.15) is 11.8 Å². The third kappa shape index (κ3) is 4.89. The van der Waals surface area contributed by atoms with Gasteiger partial charge in [-0.15, -0.1) is 0 Å². The highest BCUT2D eigenvalue weighted by molar-refractivity contribution is 5.89. The molecule has 2 amide bonds. The Morgan fingerprint density at radius 1 is 1.07 bits per heavy atom. The number of carbonyl (C=O) groups excluding carboxylic acids is 2. The van der Waals surface area contributed by atoms with Crippen molar-refractivity contribution in [2.45, 2.75) is 38.1 Å². The molecule has 0 bridgehead atoms. The van der Waals surface area contributed by atoms with Crippen LogP contribution in [0.4, 0.5) is 5.69 Å². The molecule has 2 saturated heterocycles. The minimum atomic E-state index is -0.248. The standard InChI is InChI=1S/C23H34N4O3/c1-30-21-8-3-2-6-19(21)26-16-14-25(15-17-26)12-5-11-24-22(28)20-7-4-13-27(20)23(29)18-9-10-18/h2-3,6,8,18,20H,4-5,7,9-17H2,1H3,(H,24,28). The normalized spacial score (nSPS) is 22.2. The van der Waals surface area contributed by atoms with Crippen LogP contribution in [-0.4, -0.2) is 80.6 Å². The number of hydrogen-bond acceptors (Lipinski definition) is 5. The van der Waals surface area contributed by atoms with E-state index in [2.05, 4.69) is 27.2 Å². The van der Waals surface area contributed by atoms with E-state index in [-0.39, 0.29) is 23.8 Å². The fourth-order valence-corrected chi connectivity index (χ4v) is 4.60. The summed E-state index contributed by atoms with van der Waals surface area (Å²) in [6.07, 6.45) is 4.66. The molecular weight excluding hydrogens is 380 g/mol. The summed E-state index contributed by atoms with van der Waals surface area (Å²) in [7, 11) is 1.72. The van der Waals surface area contributed by atoms with Crippen LogP contribution in [0.25, 0.3) is 0 Å². The van der Waals surface area contributed by atoms with E-state index in [0.29, 0.717) is 6.54 Å². The van der Waals surface area contributed by atoms with Gasteiger partial charge in [-0.25, -0.2) is 0 Å². The summed E-state index contributed by atoms with van der Waals surface area (Å²) in [6.45, 7) is 6.38. The molecule has 0 aromatic heterocycles. The molecule has 3 aliphatic rings. The molecule has 1 N–H and O–H groups in total. The van der Waals surface area contributed by atoms with Crippen molar-refractivity contribution in [1.82, 2.24) is 15.1 Å². The first-order chi connectivity index (χ1) is 14.7. The predicted molar refractivity (Wildman–Crippen MR) is 117 cm³/mol. The van der Waals surface area contributed by atoms with Crippen molar-refractivity contribution < 1.29 is 14.3 Å². The second kappa shape index (κ2) is 9.69. The van der Waals surface area contributed by atoms with Crippen LogP contribution < -0.4 is 15.0 Å². The van der Waals surface area contributed by atoms with E-state index in [1.54, 1.807) is 7.11 Å². The molecule has 1 aromatic rings. The molecular formula is C23H34N4O3. The first kappa shape index (κ1) is 21.0. The van der Waals surface area contributed by atoms with Crippen LogP contribution in [0.15, 0.2) is 24.3 Å². The molecule has 1 unspecified atom stereocenters. The molecule has 1 atom stereocenters. The third-order valence-corrected chi connectivity index (χ3v) is 6.51. The van der Waals surface area contributed by atoms with Crippen LogP contribution in [0.3, 0.4) is 0 Å². The molecule has 0 radical (unpaired) electrons. The fourth-order valence-electron chi connectivity index (χ4n) is 4.60. The van der Waals surface area contributed by atoms with Crippen LogP contribution in [-0.2, 0) is 9.59 Å². The first-order valence-electron chi connectivity index (χ1n) is 11.4. The summed E-state index contributed by atoms with van der Waals surface area (Å²) in [5, 5.41) is 3.07. The van der Waals surface area contributed by atoms with Crippen LogP contribution in [0, 0.1) is 5.92 Å². The molecule has 2 heterocycles. The number of anilines is 1. The lowest BCUT2D eigenvalue weighted by Gasteiger charge is -2.36. The lowest BCUT2D eigenvalue weighted by Crippen LogP contribution is -2.48. The van der Waals surface area contributed by atoms with Crippen molar-refractivity contribution in [3.8, 4) is 5.75 Å². The van der Waals surface area contributed by atoms with Gasteiger partial charge < -0.3 is 19.9 Å². The van der Waals surface area contributed by atoms with E-state index < -0.39 is 0 Å². The number of benzene rings is 1. The number of para-hydroxylation sites is 2. The highest BCUT2D eigenvalue weighted by Crippen LogP contribution is 2.33. The Kier molecular flexibility index (Phi) is 6.77. The Morgan fingerprint density at radius 2 is 1.83 bits per heavy atom. The number of ether oxygens (including phenoxy) is 1. The largest absolute Gasteiger partial charge is 0.495 e. The van der Waals surface area contributed by atoms with Gasteiger partial charge in [0.15, 0.2) is 0 Å². The van der Waals surface area contributed by atoms with Gasteiger partial charge in [0.05, 0.1) is 12.8 Å². The summed E-state index contributed by atoms with van der Waals surface area (Å²) in [5.74, 6) is 1.34. The van der Waals surface area contributed by atoms with Gasteiger partial charge >= 0.3 is 0 Å². The maximum Gasteiger partial charge on any atom is 0.242 e. The summed E-state index contributed by atoms with van der Waals surface area (Å²) < 4.78 is 5.49. The lowest BCUT2D eigenvalue weighted by molar-refractivity contribution is -0.139. The zero-order valence-electron chi connectivity index (χ0n) is 18.0. The van der Waals surface area contributed by atoms with Crippen LogP contribution in [0.2, 0.25) is 0 Å². The Labute approximate surface area is 179 Å². The molecule has 30 heavy (non-hydrogen) atoms. The number of methoxy groups -OCH3 is 1. The van der Waals surface area contributed by atoms with Gasteiger partial charge in [-0.2, -0.15) is 0 Å². The molecule has 3 fully saturated rings. The van der Waals surface area contributed by atoms with E-state index >= 15 is 0 Å². The van der Waals surface area contributed by atoms with Crippen molar-refractivity contribution in [2.24, 2.45) is 5.92 Å².